The molecule has 9 amide bonds. The quantitative estimate of drug-likeness (QED) is 0.0319. The molecule has 1 aromatic carbocycles. The van der Waals surface area contributed by atoms with E-state index in [2.05, 4.69) is 52.8 Å². The van der Waals surface area contributed by atoms with Crippen molar-refractivity contribution in [1.29, 1.82) is 0 Å². The molecule has 9 unspecified atom stereocenters. The predicted octanol–water partition coefficient (Wildman–Crippen LogP) is -7.71. The first-order valence-electron chi connectivity index (χ1n) is 23.9. The number of rotatable bonds is 25. The van der Waals surface area contributed by atoms with Gasteiger partial charge in [0.15, 0.2) is 17.6 Å². The minimum Gasteiger partial charge on any atom is -0.504 e. The lowest BCUT2D eigenvalue weighted by atomic mass is 9.95. The molecule has 0 spiro atoms. The highest BCUT2D eigenvalue weighted by atomic mass is 16.5. The molecule has 4 heterocycles. The van der Waals surface area contributed by atoms with Gasteiger partial charge in [-0.1, -0.05) is 0 Å². The van der Waals surface area contributed by atoms with Gasteiger partial charge in [-0.25, -0.2) is 9.86 Å². The van der Waals surface area contributed by atoms with E-state index in [-0.39, 0.29) is 88.1 Å². The summed E-state index contributed by atoms with van der Waals surface area (Å²) in [5.74, 6) is -13.3. The highest BCUT2D eigenvalue weighted by Gasteiger charge is 2.43. The Kier molecular flexibility index (Phi) is 20.7. The SMILES string of the molecule is NCCCC(NC(=O)C(CC(=O)O)NC(=O)C1CCNC2C(NC(=O)CCC(N)=O)=Cc3cc(O)c(O)cc3N12)C(=O)NC(C1=NCCC(C(=O)NCC(=O)NC(CO)C(=O)NC2CCCN(O)C2=O)N1)C(O)C(=O)O. The number of piperidine rings is 1. The van der Waals surface area contributed by atoms with Crippen LogP contribution in [0.15, 0.2) is 22.8 Å². The monoisotopic (exact) mass is 1070 g/mol. The number of hydrogen-bond donors (Lipinski definition) is 18. The van der Waals surface area contributed by atoms with E-state index in [4.69, 9.17) is 11.5 Å². The molecule has 4 aliphatic heterocycles. The van der Waals surface area contributed by atoms with Crippen LogP contribution in [0, 0.1) is 0 Å². The molecule has 9 atom stereocenters. The molecule has 0 aromatic heterocycles. The lowest BCUT2D eigenvalue weighted by Gasteiger charge is -2.47. The van der Waals surface area contributed by atoms with Crippen molar-refractivity contribution in [1.82, 2.24) is 52.9 Å². The van der Waals surface area contributed by atoms with Gasteiger partial charge in [0.2, 0.25) is 47.3 Å². The fraction of sp³-hybridized carbons (Fsp3) is 0.545. The average Bonchev–Trinajstić information content (AvgIpc) is 3.38. The topological polar surface area (TPSA) is 509 Å². The van der Waals surface area contributed by atoms with Gasteiger partial charge in [0, 0.05) is 37.6 Å². The van der Waals surface area contributed by atoms with Crippen LogP contribution in [0.3, 0.4) is 0 Å². The van der Waals surface area contributed by atoms with E-state index in [9.17, 15) is 88.6 Å². The van der Waals surface area contributed by atoms with Crippen molar-refractivity contribution in [3.05, 3.63) is 23.4 Å². The number of carboxylic acids is 2. The van der Waals surface area contributed by atoms with Gasteiger partial charge in [-0.3, -0.25) is 63.5 Å². The number of anilines is 1. The number of hydroxylamine groups is 2. The van der Waals surface area contributed by atoms with Crippen LogP contribution in [0.1, 0.15) is 63.4 Å². The minimum atomic E-state index is -2.45. The summed E-state index contributed by atoms with van der Waals surface area (Å²) in [5, 5.41) is 93.5. The van der Waals surface area contributed by atoms with E-state index in [1.54, 1.807) is 0 Å². The third-order valence-corrected chi connectivity index (χ3v) is 12.4. The summed E-state index contributed by atoms with van der Waals surface area (Å²) < 4.78 is 0. The van der Waals surface area contributed by atoms with Gasteiger partial charge in [-0.15, -0.1) is 0 Å². The van der Waals surface area contributed by atoms with E-state index in [0.717, 1.165) is 12.1 Å². The number of aliphatic imine (C=N–C) groups is 1. The van der Waals surface area contributed by atoms with E-state index in [1.165, 1.54) is 11.0 Å². The Morgan fingerprint density at radius 2 is 1.57 bits per heavy atom. The molecule has 1 aromatic rings. The predicted molar refractivity (Wildman–Crippen MR) is 258 cm³/mol. The number of amides is 9. The molecule has 0 radical (unpaired) electrons. The molecule has 2 fully saturated rings. The number of aliphatic hydroxyl groups is 2. The van der Waals surface area contributed by atoms with E-state index in [0.29, 0.717) is 11.5 Å². The third-order valence-electron chi connectivity index (χ3n) is 12.4. The number of aliphatic carboxylic acids is 2. The molecule has 76 heavy (non-hydrogen) atoms. The zero-order chi connectivity index (χ0) is 56.0. The number of aliphatic hydroxyl groups excluding tert-OH is 2. The Balaban J connectivity index is 1.27. The van der Waals surface area contributed by atoms with E-state index >= 15 is 0 Å². The molecule has 0 saturated carbocycles. The number of carbonyl (C=O) groups excluding carboxylic acids is 9. The van der Waals surface area contributed by atoms with Crippen LogP contribution in [0.4, 0.5) is 5.69 Å². The van der Waals surface area contributed by atoms with Crippen molar-refractivity contribution in [2.24, 2.45) is 16.5 Å². The second kappa shape index (κ2) is 26.8. The maximum absolute atomic E-state index is 14.3. The van der Waals surface area contributed by atoms with Crippen molar-refractivity contribution in [3.63, 3.8) is 0 Å². The second-order valence-corrected chi connectivity index (χ2v) is 17.9. The van der Waals surface area contributed by atoms with Crippen molar-refractivity contribution in [3.8, 4) is 11.5 Å². The number of benzene rings is 1. The van der Waals surface area contributed by atoms with Crippen LogP contribution in [-0.4, -0.2) is 206 Å². The van der Waals surface area contributed by atoms with Crippen LogP contribution in [0.25, 0.3) is 6.08 Å². The second-order valence-electron chi connectivity index (χ2n) is 17.9. The molecule has 20 N–H and O–H groups in total. The average molecular weight is 1080 g/mol. The Bertz CT molecular complexity index is 2490. The lowest BCUT2D eigenvalue weighted by Crippen LogP contribution is -2.66. The summed E-state index contributed by atoms with van der Waals surface area (Å²) in [6, 6.07) is -8.40. The molecule has 5 rings (SSSR count). The zero-order valence-electron chi connectivity index (χ0n) is 40.7. The Morgan fingerprint density at radius 3 is 2.24 bits per heavy atom. The van der Waals surface area contributed by atoms with Crippen molar-refractivity contribution < 1.29 is 88.6 Å². The molecule has 2 saturated heterocycles. The van der Waals surface area contributed by atoms with Crippen LogP contribution >= 0.6 is 0 Å². The summed E-state index contributed by atoms with van der Waals surface area (Å²) in [4.78, 5) is 147. The summed E-state index contributed by atoms with van der Waals surface area (Å²) >= 11 is 0. The van der Waals surface area contributed by atoms with Gasteiger partial charge >= 0.3 is 11.9 Å². The van der Waals surface area contributed by atoms with Crippen molar-refractivity contribution in [2.75, 3.05) is 44.2 Å². The molecular weight excluding hydrogens is 1010 g/mol. The number of aromatic hydroxyl groups is 2. The van der Waals surface area contributed by atoms with Crippen LogP contribution in [0.2, 0.25) is 0 Å². The number of carboxylic acid groups (broad SMARTS) is 2. The number of nitrogens with two attached hydrogens (primary N) is 2. The van der Waals surface area contributed by atoms with Crippen molar-refractivity contribution in [2.45, 2.75) is 112 Å². The summed E-state index contributed by atoms with van der Waals surface area (Å²) in [5.41, 5.74) is 11.4. The molecule has 0 bridgehead atoms. The van der Waals surface area contributed by atoms with Gasteiger partial charge in [-0.2, -0.15) is 0 Å². The number of nitrogens with zero attached hydrogens (tertiary/aromatic N) is 3. The Hall–Kier alpha value is -8.20. The fourth-order valence-electron chi connectivity index (χ4n) is 8.53. The standard InChI is InChI=1S/C44H62N14O18/c45-9-1-3-20(39(69)56-34(35(67)44(74)75)36-47-10-7-21(52-36)38(68)49-17-32(64)51-25(18-59)41(71)54-22-4-2-12-57(76)43(22)73)53-40(70)24(15-33(65)66)55-42(72)26-8-11-48-37-23(50-31(63)6-5-30(46)62)13-19-14-28(60)29(61)16-27(19)58(26)37/h13-14,16,20-22,24-26,34-35,37,48,59-61,67,76H,1-12,15,17-18,45H2,(H2,46,62)(H,47,52)(H,49,68)(H,50,63)(H,51,64)(H,53,70)(H,54,71)(H,55,72)(H,56,69)(H,65,66)(H,74,75). The molecule has 32 heteroatoms. The number of nitrogens with one attached hydrogen (secondary N) is 9. The summed E-state index contributed by atoms with van der Waals surface area (Å²) in [6.45, 7) is -1.76. The maximum Gasteiger partial charge on any atom is 0.335 e. The zero-order valence-corrected chi connectivity index (χ0v) is 40.7. The Labute approximate surface area is 431 Å². The highest BCUT2D eigenvalue weighted by Crippen LogP contribution is 2.41. The molecule has 4 aliphatic rings. The van der Waals surface area contributed by atoms with Gasteiger partial charge < -0.3 is 89.5 Å². The number of carbonyl (C=O) groups is 11. The first-order valence-corrected chi connectivity index (χ1v) is 23.9. The third kappa shape index (κ3) is 15.4. The van der Waals surface area contributed by atoms with E-state index < -0.39 is 157 Å². The van der Waals surface area contributed by atoms with Gasteiger partial charge in [0.05, 0.1) is 31.0 Å². The van der Waals surface area contributed by atoms with Crippen LogP contribution in [-0.2, 0) is 52.7 Å². The largest absolute Gasteiger partial charge is 0.504 e. The van der Waals surface area contributed by atoms with E-state index in [1.807, 2.05) is 0 Å². The normalized spacial score (nSPS) is 20.9. The number of fused-ring (bicyclic) bond motifs is 3. The van der Waals surface area contributed by atoms with Gasteiger partial charge in [-0.05, 0) is 63.8 Å². The molecule has 0 aliphatic carbocycles. The first kappa shape index (κ1) is 58.7. The molecular formula is C44H62N14O18. The maximum atomic E-state index is 14.3. The van der Waals surface area contributed by atoms with Crippen LogP contribution in [0.5, 0.6) is 11.5 Å². The number of phenols is 2. The number of primary amides is 1. The minimum absolute atomic E-state index is 0.0128. The fourth-order valence-corrected chi connectivity index (χ4v) is 8.53. The first-order chi connectivity index (χ1) is 36.0. The highest BCUT2D eigenvalue weighted by molar-refractivity contribution is 6.02. The molecule has 416 valence electrons. The van der Waals surface area contributed by atoms with Gasteiger partial charge in [0.25, 0.3) is 5.91 Å². The smallest absolute Gasteiger partial charge is 0.335 e. The van der Waals surface area contributed by atoms with Crippen molar-refractivity contribution >= 4 is 82.7 Å². The summed E-state index contributed by atoms with van der Waals surface area (Å²) in [6.07, 6.45) is -3.39. The lowest BCUT2D eigenvalue weighted by molar-refractivity contribution is -0.173. The Morgan fingerprint density at radius 1 is 0.855 bits per heavy atom. The number of hydrogen-bond acceptors (Lipinski definition) is 21. The molecule has 32 nitrogen and oxygen atoms in total. The summed E-state index contributed by atoms with van der Waals surface area (Å²) in [7, 11) is 0. The number of amidine groups is 1. The van der Waals surface area contributed by atoms with Gasteiger partial charge in [0.1, 0.15) is 54.3 Å². The van der Waals surface area contributed by atoms with Crippen LogP contribution < -0.4 is 64.2 Å². The number of phenolic OH excluding ortho intramolecular Hbond substituents is 2.